The number of carbonyl (C=O) groups excluding carboxylic acids is 2. The van der Waals surface area contributed by atoms with E-state index in [2.05, 4.69) is 10.6 Å². The first-order chi connectivity index (χ1) is 6.46. The van der Waals surface area contributed by atoms with Crippen molar-refractivity contribution in [1.82, 2.24) is 10.6 Å². The van der Waals surface area contributed by atoms with Crippen molar-refractivity contribution in [2.45, 2.75) is 50.6 Å². The summed E-state index contributed by atoms with van der Waals surface area (Å²) >= 11 is 0. The third kappa shape index (κ3) is 1.21. The van der Waals surface area contributed by atoms with Gasteiger partial charge in [-0.2, -0.15) is 0 Å². The molecule has 1 aliphatic heterocycles. The number of nitrogens with one attached hydrogen (secondary N) is 2. The maximum Gasteiger partial charge on any atom is 0.246 e. The predicted octanol–water partition coefficient (Wildman–Crippen LogP) is 0.324. The summed E-state index contributed by atoms with van der Waals surface area (Å²) < 4.78 is 0. The molecule has 2 amide bonds. The van der Waals surface area contributed by atoms with Crippen LogP contribution in [0, 0.1) is 0 Å². The Hall–Kier alpha value is -1.06. The van der Waals surface area contributed by atoms with Crippen LogP contribution in [-0.4, -0.2) is 22.9 Å². The number of carbonyl (C=O) groups is 2. The zero-order chi connectivity index (χ0) is 10.4. The summed E-state index contributed by atoms with van der Waals surface area (Å²) in [4.78, 5) is 23.6. The smallest absolute Gasteiger partial charge is 0.246 e. The van der Waals surface area contributed by atoms with Crippen LogP contribution in [0.25, 0.3) is 0 Å². The summed E-state index contributed by atoms with van der Waals surface area (Å²) in [5, 5.41) is 5.67. The van der Waals surface area contributed by atoms with Gasteiger partial charge in [0.15, 0.2) is 0 Å². The van der Waals surface area contributed by atoms with Crippen molar-refractivity contribution in [3.63, 3.8) is 0 Å². The van der Waals surface area contributed by atoms with Gasteiger partial charge in [0.05, 0.1) is 0 Å². The van der Waals surface area contributed by atoms with Gasteiger partial charge in [-0.25, -0.2) is 0 Å². The summed E-state index contributed by atoms with van der Waals surface area (Å²) in [6.45, 7) is 3.45. The van der Waals surface area contributed by atoms with Crippen molar-refractivity contribution in [1.29, 1.82) is 0 Å². The lowest BCUT2D eigenvalue weighted by Gasteiger charge is -2.41. The largest absolute Gasteiger partial charge is 0.340 e. The molecule has 1 heterocycles. The van der Waals surface area contributed by atoms with Gasteiger partial charge in [-0.3, -0.25) is 9.59 Å². The number of piperazine rings is 1. The summed E-state index contributed by atoms with van der Waals surface area (Å²) in [5.41, 5.74) is -1.35. The highest BCUT2D eigenvalue weighted by Gasteiger charge is 2.50. The van der Waals surface area contributed by atoms with Crippen LogP contribution < -0.4 is 10.6 Å². The van der Waals surface area contributed by atoms with Gasteiger partial charge in [-0.15, -0.1) is 0 Å². The van der Waals surface area contributed by atoms with Crippen LogP contribution in [0.1, 0.15) is 39.5 Å². The highest BCUT2D eigenvalue weighted by Crippen LogP contribution is 2.32. The molecular formula is C10H16N2O2. The molecule has 2 aliphatic rings. The molecule has 1 spiro atoms. The lowest BCUT2D eigenvalue weighted by molar-refractivity contribution is -0.144. The molecule has 0 aromatic heterocycles. The topological polar surface area (TPSA) is 58.2 Å². The van der Waals surface area contributed by atoms with Gasteiger partial charge < -0.3 is 10.6 Å². The van der Waals surface area contributed by atoms with Crippen molar-refractivity contribution < 1.29 is 9.59 Å². The van der Waals surface area contributed by atoms with E-state index in [9.17, 15) is 9.59 Å². The molecule has 1 saturated carbocycles. The maximum absolute atomic E-state index is 11.9. The van der Waals surface area contributed by atoms with Crippen LogP contribution in [0.4, 0.5) is 0 Å². The van der Waals surface area contributed by atoms with Gasteiger partial charge in [0.25, 0.3) is 0 Å². The Kier molecular flexibility index (Phi) is 1.84. The Bertz CT molecular complexity index is 290. The Morgan fingerprint density at radius 2 is 1.57 bits per heavy atom. The average molecular weight is 196 g/mol. The highest BCUT2D eigenvalue weighted by molar-refractivity contribution is 6.01. The summed E-state index contributed by atoms with van der Waals surface area (Å²) in [6, 6.07) is 0. The first-order valence-corrected chi connectivity index (χ1v) is 5.12. The highest BCUT2D eigenvalue weighted by atomic mass is 16.2. The monoisotopic (exact) mass is 196 g/mol. The van der Waals surface area contributed by atoms with Crippen LogP contribution in [0.5, 0.6) is 0 Å². The summed E-state index contributed by atoms with van der Waals surface area (Å²) in [7, 11) is 0. The lowest BCUT2D eigenvalue weighted by Crippen LogP contribution is -2.72. The molecule has 2 fully saturated rings. The van der Waals surface area contributed by atoms with E-state index in [1.54, 1.807) is 13.8 Å². The minimum absolute atomic E-state index is 0.0143. The first-order valence-electron chi connectivity index (χ1n) is 5.12. The molecule has 4 nitrogen and oxygen atoms in total. The van der Waals surface area contributed by atoms with E-state index >= 15 is 0 Å². The molecule has 0 atom stereocenters. The SMILES string of the molecule is CC1(C)NC(=O)C2(CCCC2)NC1=O. The standard InChI is InChI=1S/C10H16N2O2/c1-9(2)7(13)12-10(8(14)11-9)5-3-4-6-10/h3-6H2,1-2H3,(H,11,14)(H,12,13). The normalized spacial score (nSPS) is 28.7. The molecule has 78 valence electrons. The first kappa shape index (κ1) is 9.49. The fourth-order valence-corrected chi connectivity index (χ4v) is 2.22. The van der Waals surface area contributed by atoms with Crippen LogP contribution >= 0.6 is 0 Å². The maximum atomic E-state index is 11.9. The second-order valence-electron chi connectivity index (χ2n) is 4.82. The Morgan fingerprint density at radius 1 is 1.00 bits per heavy atom. The molecule has 0 aromatic rings. The molecular weight excluding hydrogens is 180 g/mol. The number of hydrogen-bond donors (Lipinski definition) is 2. The predicted molar refractivity (Wildman–Crippen MR) is 51.6 cm³/mol. The lowest BCUT2D eigenvalue weighted by atomic mass is 9.88. The Labute approximate surface area is 83.4 Å². The minimum Gasteiger partial charge on any atom is -0.340 e. The van der Waals surface area contributed by atoms with Crippen LogP contribution in [0.3, 0.4) is 0 Å². The average Bonchev–Trinajstić information content (AvgIpc) is 2.51. The molecule has 4 heteroatoms. The van der Waals surface area contributed by atoms with Crippen molar-refractivity contribution in [2.24, 2.45) is 0 Å². The molecule has 0 radical (unpaired) electrons. The molecule has 1 aliphatic carbocycles. The number of amides is 2. The van der Waals surface area contributed by atoms with E-state index in [1.807, 2.05) is 0 Å². The number of hydrogen-bond acceptors (Lipinski definition) is 2. The van der Waals surface area contributed by atoms with Crippen molar-refractivity contribution in [3.05, 3.63) is 0 Å². The second-order valence-corrected chi connectivity index (χ2v) is 4.82. The van der Waals surface area contributed by atoms with E-state index in [0.29, 0.717) is 0 Å². The fraction of sp³-hybridized carbons (Fsp3) is 0.800. The molecule has 0 bridgehead atoms. The van der Waals surface area contributed by atoms with Gasteiger partial charge in [0.2, 0.25) is 11.8 Å². The fourth-order valence-electron chi connectivity index (χ4n) is 2.22. The molecule has 2 N–H and O–H groups in total. The summed E-state index contributed by atoms with van der Waals surface area (Å²) in [6.07, 6.45) is 3.60. The van der Waals surface area contributed by atoms with Gasteiger partial charge >= 0.3 is 0 Å². The minimum atomic E-state index is -0.759. The van der Waals surface area contributed by atoms with Crippen molar-refractivity contribution in [3.8, 4) is 0 Å². The zero-order valence-electron chi connectivity index (χ0n) is 8.64. The molecule has 1 saturated heterocycles. The van der Waals surface area contributed by atoms with Gasteiger partial charge in [0.1, 0.15) is 11.1 Å². The summed E-state index contributed by atoms with van der Waals surface area (Å²) in [5.74, 6) is -0.0846. The van der Waals surface area contributed by atoms with Gasteiger partial charge in [-0.1, -0.05) is 12.8 Å². The van der Waals surface area contributed by atoms with E-state index in [4.69, 9.17) is 0 Å². The second kappa shape index (κ2) is 2.72. The van der Waals surface area contributed by atoms with E-state index in [1.165, 1.54) is 0 Å². The Balaban J connectivity index is 2.25. The molecule has 0 unspecified atom stereocenters. The van der Waals surface area contributed by atoms with Gasteiger partial charge in [-0.05, 0) is 26.7 Å². The van der Waals surface area contributed by atoms with Crippen molar-refractivity contribution in [2.75, 3.05) is 0 Å². The van der Waals surface area contributed by atoms with Crippen LogP contribution in [-0.2, 0) is 9.59 Å². The Morgan fingerprint density at radius 3 is 2.14 bits per heavy atom. The molecule has 2 rings (SSSR count). The quantitative estimate of drug-likeness (QED) is 0.586. The zero-order valence-corrected chi connectivity index (χ0v) is 8.64. The van der Waals surface area contributed by atoms with Crippen LogP contribution in [0.2, 0.25) is 0 Å². The van der Waals surface area contributed by atoms with Crippen molar-refractivity contribution >= 4 is 11.8 Å². The van der Waals surface area contributed by atoms with E-state index < -0.39 is 11.1 Å². The van der Waals surface area contributed by atoms with E-state index in [0.717, 1.165) is 25.7 Å². The third-order valence-corrected chi connectivity index (χ3v) is 3.24. The number of rotatable bonds is 0. The van der Waals surface area contributed by atoms with E-state index in [-0.39, 0.29) is 11.8 Å². The third-order valence-electron chi connectivity index (χ3n) is 3.24. The molecule has 14 heavy (non-hydrogen) atoms. The molecule has 0 aromatic carbocycles. The van der Waals surface area contributed by atoms with Crippen LogP contribution in [0.15, 0.2) is 0 Å². The van der Waals surface area contributed by atoms with Gasteiger partial charge in [0, 0.05) is 0 Å².